The SMILES string of the molecule is Cc1ccc(S(=O)(=O)OC2=C(C(=O)OC(c3ccccc3)c3ccccc3)N3C(=O)C(NC(=O)/C(=N/OCC(=O)OC(C)(C)C)c4csc(NC=O)n4)[C@H]3SC2)cc1. The topological polar surface area (TPSA) is 209 Å². The standard InChI is InChI=1S/C39H37N5O11S3/c1-23-15-17-26(18-16-23)58(50,51)55-28-21-56-36-31(42-34(47)30(27-20-57-38(41-27)40-22-45)43-52-19-29(46)54-39(2,3)4)35(48)44(36)32(28)37(49)53-33(24-11-7-5-8-12-24)25-13-9-6-10-14-25/h5-18,20,22,31,33,36H,19,21H2,1-4H3,(H,42,47)(H,40,41,45)/b43-30+/t31?,36-/m1/s1. The predicted molar refractivity (Wildman–Crippen MR) is 212 cm³/mol. The van der Waals surface area contributed by atoms with Gasteiger partial charge in [0.1, 0.15) is 27.6 Å². The van der Waals surface area contributed by atoms with Gasteiger partial charge >= 0.3 is 22.1 Å². The molecule has 4 aromatic rings. The number of carbonyl (C=O) groups is 5. The number of rotatable bonds is 15. The molecule has 1 saturated heterocycles. The van der Waals surface area contributed by atoms with E-state index in [2.05, 4.69) is 20.8 Å². The number of thioether (sulfide) groups is 1. The summed E-state index contributed by atoms with van der Waals surface area (Å²) in [6, 6.07) is 22.3. The van der Waals surface area contributed by atoms with Gasteiger partial charge in [0.15, 0.2) is 28.4 Å². The monoisotopic (exact) mass is 847 g/mol. The van der Waals surface area contributed by atoms with Crippen molar-refractivity contribution in [1.82, 2.24) is 15.2 Å². The van der Waals surface area contributed by atoms with Gasteiger partial charge in [0.2, 0.25) is 13.0 Å². The summed E-state index contributed by atoms with van der Waals surface area (Å²) in [5, 5.41) is 9.37. The molecule has 16 nitrogen and oxygen atoms in total. The second-order valence-electron chi connectivity index (χ2n) is 13.7. The summed E-state index contributed by atoms with van der Waals surface area (Å²) in [7, 11) is -4.49. The third-order valence-corrected chi connectivity index (χ3v) is 11.6. The largest absolute Gasteiger partial charge is 0.457 e. The van der Waals surface area contributed by atoms with Crippen LogP contribution in [-0.2, 0) is 52.6 Å². The molecule has 1 fully saturated rings. The minimum absolute atomic E-state index is 0.0509. The molecule has 0 saturated carbocycles. The van der Waals surface area contributed by atoms with Crippen LogP contribution in [0.5, 0.6) is 0 Å². The summed E-state index contributed by atoms with van der Waals surface area (Å²) in [5.74, 6) is -4.12. The smallest absolute Gasteiger partial charge is 0.359 e. The maximum atomic E-state index is 14.3. The number of thiazole rings is 1. The van der Waals surface area contributed by atoms with Crippen LogP contribution in [0.15, 0.2) is 112 Å². The highest BCUT2D eigenvalue weighted by Crippen LogP contribution is 2.43. The van der Waals surface area contributed by atoms with Crippen LogP contribution in [0.1, 0.15) is 49.3 Å². The molecule has 2 aliphatic rings. The quantitative estimate of drug-likeness (QED) is 0.0424. The zero-order valence-corrected chi connectivity index (χ0v) is 33.9. The Bertz CT molecular complexity index is 2320. The number of anilines is 1. The molecule has 2 aliphatic heterocycles. The highest BCUT2D eigenvalue weighted by molar-refractivity contribution is 8.00. The van der Waals surface area contributed by atoms with Crippen LogP contribution in [-0.4, -0.2) is 83.6 Å². The van der Waals surface area contributed by atoms with Crippen molar-refractivity contribution in [2.45, 2.75) is 55.7 Å². The summed E-state index contributed by atoms with van der Waals surface area (Å²) in [6.07, 6.45) is -0.573. The average Bonchev–Trinajstić information content (AvgIpc) is 3.65. The first-order valence-corrected chi connectivity index (χ1v) is 20.9. The van der Waals surface area contributed by atoms with E-state index >= 15 is 0 Å². The molecule has 3 aromatic carbocycles. The van der Waals surface area contributed by atoms with Crippen molar-refractivity contribution in [2.24, 2.45) is 5.16 Å². The fourth-order valence-corrected chi connectivity index (χ4v) is 8.66. The number of nitrogens with one attached hydrogen (secondary N) is 2. The summed E-state index contributed by atoms with van der Waals surface area (Å²) < 4.78 is 44.0. The molecule has 0 bridgehead atoms. The van der Waals surface area contributed by atoms with Gasteiger partial charge in [-0.05, 0) is 51.0 Å². The molecular weight excluding hydrogens is 811 g/mol. The van der Waals surface area contributed by atoms with E-state index in [1.807, 2.05) is 0 Å². The third kappa shape index (κ3) is 9.72. The van der Waals surface area contributed by atoms with E-state index < -0.39 is 75.0 Å². The van der Waals surface area contributed by atoms with Gasteiger partial charge in [-0.2, -0.15) is 8.42 Å². The van der Waals surface area contributed by atoms with Gasteiger partial charge < -0.3 is 29.1 Å². The first kappa shape index (κ1) is 41.6. The zero-order valence-electron chi connectivity index (χ0n) is 31.4. The Hall–Kier alpha value is -6.05. The Morgan fingerprint density at radius 3 is 2.24 bits per heavy atom. The lowest BCUT2D eigenvalue weighted by atomic mass is 10.0. The molecule has 19 heteroatoms. The predicted octanol–water partition coefficient (Wildman–Crippen LogP) is 4.43. The van der Waals surface area contributed by atoms with E-state index in [0.29, 0.717) is 17.5 Å². The van der Waals surface area contributed by atoms with E-state index in [9.17, 15) is 32.4 Å². The number of benzene rings is 3. The Morgan fingerprint density at radius 2 is 1.64 bits per heavy atom. The van der Waals surface area contributed by atoms with Gasteiger partial charge in [-0.15, -0.1) is 23.1 Å². The molecule has 0 spiro atoms. The van der Waals surface area contributed by atoms with Crippen molar-refractivity contribution in [3.8, 4) is 0 Å². The van der Waals surface area contributed by atoms with Crippen molar-refractivity contribution >= 4 is 74.2 Å². The normalized spacial score (nSPS) is 16.8. The van der Waals surface area contributed by atoms with Crippen LogP contribution in [0.4, 0.5) is 5.13 Å². The maximum absolute atomic E-state index is 14.3. The number of hydrogen-bond donors (Lipinski definition) is 2. The number of nitrogens with zero attached hydrogens (tertiary/aromatic N) is 3. The van der Waals surface area contributed by atoms with Gasteiger partial charge in [0.25, 0.3) is 11.8 Å². The number of amides is 3. The molecule has 0 aliphatic carbocycles. The molecule has 6 rings (SSSR count). The second kappa shape index (κ2) is 17.6. The lowest BCUT2D eigenvalue weighted by Crippen LogP contribution is -2.71. The first-order valence-electron chi connectivity index (χ1n) is 17.5. The molecule has 1 aromatic heterocycles. The zero-order chi connectivity index (χ0) is 41.6. The fourth-order valence-electron chi connectivity index (χ4n) is 5.71. The van der Waals surface area contributed by atoms with Crippen LogP contribution in [0.3, 0.4) is 0 Å². The first-order chi connectivity index (χ1) is 27.6. The number of oxime groups is 1. The number of carbonyl (C=O) groups excluding carboxylic acids is 5. The number of aryl methyl sites for hydroxylation is 1. The minimum Gasteiger partial charge on any atom is -0.457 e. The number of ether oxygens (including phenoxy) is 2. The summed E-state index contributed by atoms with van der Waals surface area (Å²) >= 11 is 2.00. The van der Waals surface area contributed by atoms with Crippen molar-refractivity contribution in [1.29, 1.82) is 0 Å². The Labute approximate surface area is 341 Å². The Kier molecular flexibility index (Phi) is 12.6. The average molecular weight is 848 g/mol. The molecule has 2 atom stereocenters. The fraction of sp³-hybridized carbons (Fsp3) is 0.256. The molecule has 0 radical (unpaired) electrons. The van der Waals surface area contributed by atoms with E-state index in [0.717, 1.165) is 33.6 Å². The van der Waals surface area contributed by atoms with E-state index in [1.165, 1.54) is 17.5 Å². The minimum atomic E-state index is -4.49. The van der Waals surface area contributed by atoms with Crippen LogP contribution in [0.25, 0.3) is 0 Å². The maximum Gasteiger partial charge on any atom is 0.359 e. The third-order valence-electron chi connectivity index (χ3n) is 8.27. The van der Waals surface area contributed by atoms with Gasteiger partial charge in [-0.25, -0.2) is 14.6 Å². The molecule has 3 amide bonds. The van der Waals surface area contributed by atoms with Crippen LogP contribution in [0, 0.1) is 6.92 Å². The van der Waals surface area contributed by atoms with E-state index in [-0.39, 0.29) is 27.2 Å². The van der Waals surface area contributed by atoms with E-state index in [4.69, 9.17) is 18.5 Å². The molecule has 3 heterocycles. The highest BCUT2D eigenvalue weighted by atomic mass is 32.2. The van der Waals surface area contributed by atoms with Gasteiger partial charge in [-0.1, -0.05) is 83.5 Å². The van der Waals surface area contributed by atoms with Crippen molar-refractivity contribution < 1.29 is 50.9 Å². The lowest BCUT2D eigenvalue weighted by Gasteiger charge is -2.49. The van der Waals surface area contributed by atoms with Gasteiger partial charge in [0.05, 0.1) is 5.75 Å². The molecule has 2 N–H and O–H groups in total. The Balaban J connectivity index is 1.30. The van der Waals surface area contributed by atoms with Crippen LogP contribution < -0.4 is 10.6 Å². The van der Waals surface area contributed by atoms with Crippen LogP contribution in [0.2, 0.25) is 0 Å². The number of hydrogen-bond acceptors (Lipinski definition) is 15. The summed E-state index contributed by atoms with van der Waals surface area (Å²) in [4.78, 5) is 75.6. The van der Waals surface area contributed by atoms with Gasteiger partial charge in [-0.3, -0.25) is 19.3 Å². The van der Waals surface area contributed by atoms with Crippen LogP contribution >= 0.6 is 23.1 Å². The number of esters is 2. The van der Waals surface area contributed by atoms with Crippen molar-refractivity contribution in [2.75, 3.05) is 17.7 Å². The number of β-lactam (4-membered cyclic amide) rings is 1. The summed E-state index contributed by atoms with van der Waals surface area (Å²) in [6.45, 7) is 6.11. The molecule has 1 unspecified atom stereocenters. The van der Waals surface area contributed by atoms with Gasteiger partial charge in [0, 0.05) is 5.38 Å². The molecule has 302 valence electrons. The number of aromatic nitrogens is 1. The van der Waals surface area contributed by atoms with Crippen molar-refractivity contribution in [3.05, 3.63) is 124 Å². The van der Waals surface area contributed by atoms with Crippen molar-refractivity contribution in [3.63, 3.8) is 0 Å². The highest BCUT2D eigenvalue weighted by Gasteiger charge is 2.56. The second-order valence-corrected chi connectivity index (χ2v) is 17.2. The molecule has 58 heavy (non-hydrogen) atoms. The lowest BCUT2D eigenvalue weighted by molar-refractivity contribution is -0.160. The summed E-state index contributed by atoms with van der Waals surface area (Å²) in [5.41, 5.74) is 0.254. The molecular formula is C39H37N5O11S3. The Morgan fingerprint density at radius 1 is 1.00 bits per heavy atom. The number of fused-ring (bicyclic) bond motifs is 1. The van der Waals surface area contributed by atoms with E-state index in [1.54, 1.807) is 100 Å².